The van der Waals surface area contributed by atoms with Crippen LogP contribution in [0.2, 0.25) is 5.02 Å². The van der Waals surface area contributed by atoms with Crippen LogP contribution in [0.15, 0.2) is 45.8 Å². The topological polar surface area (TPSA) is 81.2 Å². The van der Waals surface area contributed by atoms with E-state index in [-0.39, 0.29) is 29.2 Å². The van der Waals surface area contributed by atoms with Crippen LogP contribution >= 0.6 is 27.5 Å². The Kier molecular flexibility index (Phi) is 8.05. The van der Waals surface area contributed by atoms with Crippen LogP contribution in [0.4, 0.5) is 11.4 Å². The number of carbonyl (C=O) groups is 2. The summed E-state index contributed by atoms with van der Waals surface area (Å²) in [5, 5.41) is 0.695. The highest BCUT2D eigenvalue weighted by molar-refractivity contribution is 9.10. The molecular formula is C27H32BrClN4O4S. The van der Waals surface area contributed by atoms with Gasteiger partial charge >= 0.3 is 0 Å². The first-order valence-corrected chi connectivity index (χ1v) is 15.7. The van der Waals surface area contributed by atoms with Gasteiger partial charge in [0.2, 0.25) is 21.8 Å². The largest absolute Gasteiger partial charge is 0.367 e. The molecule has 1 atom stereocenters. The smallest absolute Gasteiger partial charge is 0.244 e. The summed E-state index contributed by atoms with van der Waals surface area (Å²) in [5.74, 6) is -0.388. The number of nitrogens with zero attached hydrogens (tertiary/aromatic N) is 4. The Balaban J connectivity index is 1.28. The fourth-order valence-electron chi connectivity index (χ4n) is 5.67. The van der Waals surface area contributed by atoms with Crippen LogP contribution in [0, 0.1) is 5.92 Å². The van der Waals surface area contributed by atoms with E-state index in [0.29, 0.717) is 80.1 Å². The van der Waals surface area contributed by atoms with Crippen LogP contribution in [0.3, 0.4) is 0 Å². The van der Waals surface area contributed by atoms with Crippen molar-refractivity contribution in [2.75, 3.05) is 55.6 Å². The Labute approximate surface area is 237 Å². The third-order valence-electron chi connectivity index (χ3n) is 7.77. The quantitative estimate of drug-likeness (QED) is 0.500. The number of para-hydroxylation sites is 1. The van der Waals surface area contributed by atoms with Gasteiger partial charge in [0.25, 0.3) is 0 Å². The SMILES string of the molecule is CCC(=O)N1CCc2cc(Br)c(S(=O)(=O)N3CCC[C@@H](C(=O)N4CCN(c5ccccc5Cl)CC4)C3)cc21. The van der Waals surface area contributed by atoms with Crippen LogP contribution in [-0.2, 0) is 26.0 Å². The van der Waals surface area contributed by atoms with Crippen LogP contribution in [0.1, 0.15) is 31.7 Å². The first-order valence-electron chi connectivity index (χ1n) is 13.1. The minimum absolute atomic E-state index is 0.0106. The standard InChI is InChI=1S/C27H32BrClN4O4S/c1-2-26(34)33-11-9-19-16-21(28)25(17-24(19)33)38(36,37)32-10-5-6-20(18-32)27(35)31-14-12-30(13-15-31)23-8-4-3-7-22(23)29/h3-4,7-8,16-17,20H,2,5-6,9-15,18H2,1H3/t20-/m1/s1. The molecule has 11 heteroatoms. The number of hydrogen-bond acceptors (Lipinski definition) is 5. The van der Waals surface area contributed by atoms with Crippen LogP contribution in [0.25, 0.3) is 0 Å². The Morgan fingerprint density at radius 3 is 2.47 bits per heavy atom. The highest BCUT2D eigenvalue weighted by Crippen LogP contribution is 2.38. The normalized spacial score (nSPS) is 20.5. The number of hydrogen-bond donors (Lipinski definition) is 0. The lowest BCUT2D eigenvalue weighted by atomic mass is 9.97. The van der Waals surface area contributed by atoms with Gasteiger partial charge in [-0.15, -0.1) is 0 Å². The van der Waals surface area contributed by atoms with Gasteiger partial charge in [-0.25, -0.2) is 8.42 Å². The molecule has 2 fully saturated rings. The Bertz CT molecular complexity index is 1350. The maximum atomic E-state index is 13.8. The number of piperidine rings is 1. The van der Waals surface area contributed by atoms with Gasteiger partial charge in [0.1, 0.15) is 0 Å². The maximum absolute atomic E-state index is 13.8. The molecule has 8 nitrogen and oxygen atoms in total. The molecule has 2 aromatic carbocycles. The van der Waals surface area contributed by atoms with Gasteiger partial charge in [0.05, 0.1) is 21.5 Å². The number of benzene rings is 2. The second-order valence-electron chi connectivity index (χ2n) is 10.0. The van der Waals surface area contributed by atoms with Crippen molar-refractivity contribution in [2.45, 2.75) is 37.5 Å². The predicted octanol–water partition coefficient (Wildman–Crippen LogP) is 4.15. The highest BCUT2D eigenvalue weighted by atomic mass is 79.9. The number of rotatable bonds is 5. The minimum atomic E-state index is -3.86. The van der Waals surface area contributed by atoms with Crippen molar-refractivity contribution in [3.05, 3.63) is 51.5 Å². The summed E-state index contributed by atoms with van der Waals surface area (Å²) in [6.07, 6.45) is 2.35. The molecule has 3 aliphatic rings. The summed E-state index contributed by atoms with van der Waals surface area (Å²) in [4.78, 5) is 31.7. The molecule has 3 heterocycles. The molecule has 0 N–H and O–H groups in total. The molecule has 0 spiro atoms. The van der Waals surface area contributed by atoms with Crippen molar-refractivity contribution in [3.63, 3.8) is 0 Å². The summed E-state index contributed by atoms with van der Waals surface area (Å²) >= 11 is 9.82. The van der Waals surface area contributed by atoms with E-state index >= 15 is 0 Å². The second kappa shape index (κ2) is 11.2. The number of piperazine rings is 1. The van der Waals surface area contributed by atoms with E-state index in [1.165, 1.54) is 4.31 Å². The number of carbonyl (C=O) groups excluding carboxylic acids is 2. The Morgan fingerprint density at radius 1 is 1.03 bits per heavy atom. The number of sulfonamides is 1. The van der Waals surface area contributed by atoms with E-state index in [2.05, 4.69) is 20.8 Å². The molecule has 0 bridgehead atoms. The van der Waals surface area contributed by atoms with Gasteiger partial charge in [0, 0.05) is 62.4 Å². The fraction of sp³-hybridized carbons (Fsp3) is 0.481. The molecule has 2 aromatic rings. The Hall–Kier alpha value is -2.14. The van der Waals surface area contributed by atoms with Crippen molar-refractivity contribution in [1.29, 1.82) is 0 Å². The van der Waals surface area contributed by atoms with Crippen LogP contribution < -0.4 is 9.80 Å². The monoisotopic (exact) mass is 622 g/mol. The molecule has 38 heavy (non-hydrogen) atoms. The molecule has 5 rings (SSSR count). The zero-order valence-corrected chi connectivity index (χ0v) is 24.6. The predicted molar refractivity (Wildman–Crippen MR) is 152 cm³/mol. The summed E-state index contributed by atoms with van der Waals surface area (Å²) in [6, 6.07) is 11.1. The van der Waals surface area contributed by atoms with Crippen molar-refractivity contribution in [1.82, 2.24) is 9.21 Å². The van der Waals surface area contributed by atoms with Gasteiger partial charge in [-0.3, -0.25) is 9.59 Å². The molecule has 2 saturated heterocycles. The lowest BCUT2D eigenvalue weighted by Crippen LogP contribution is -2.53. The van der Waals surface area contributed by atoms with E-state index < -0.39 is 10.0 Å². The van der Waals surface area contributed by atoms with Crippen molar-refractivity contribution < 1.29 is 18.0 Å². The summed E-state index contributed by atoms with van der Waals surface area (Å²) in [7, 11) is -3.86. The highest BCUT2D eigenvalue weighted by Gasteiger charge is 2.38. The average molecular weight is 624 g/mol. The zero-order chi connectivity index (χ0) is 27.0. The van der Waals surface area contributed by atoms with Crippen LogP contribution in [0.5, 0.6) is 0 Å². The maximum Gasteiger partial charge on any atom is 0.244 e. The molecule has 0 unspecified atom stereocenters. The van der Waals surface area contributed by atoms with Crippen molar-refractivity contribution in [3.8, 4) is 0 Å². The van der Waals surface area contributed by atoms with E-state index in [1.54, 1.807) is 17.9 Å². The lowest BCUT2D eigenvalue weighted by Gasteiger charge is -2.39. The molecule has 0 saturated carbocycles. The number of amides is 2. The Morgan fingerprint density at radius 2 is 1.76 bits per heavy atom. The van der Waals surface area contributed by atoms with Crippen molar-refractivity contribution in [2.24, 2.45) is 5.92 Å². The molecule has 2 amide bonds. The van der Waals surface area contributed by atoms with Gasteiger partial charge in [-0.05, 0) is 65.0 Å². The van der Waals surface area contributed by atoms with Crippen LogP contribution in [-0.4, -0.2) is 75.3 Å². The second-order valence-corrected chi connectivity index (χ2v) is 13.2. The van der Waals surface area contributed by atoms with Gasteiger partial charge in [0.15, 0.2) is 0 Å². The minimum Gasteiger partial charge on any atom is -0.367 e. The third-order valence-corrected chi connectivity index (χ3v) is 10.9. The van der Waals surface area contributed by atoms with Gasteiger partial charge < -0.3 is 14.7 Å². The van der Waals surface area contributed by atoms with Gasteiger partial charge in [-0.2, -0.15) is 4.31 Å². The van der Waals surface area contributed by atoms with E-state index in [1.807, 2.05) is 35.2 Å². The molecule has 204 valence electrons. The number of anilines is 2. The van der Waals surface area contributed by atoms with Crippen molar-refractivity contribution >= 4 is 60.7 Å². The first-order chi connectivity index (χ1) is 18.2. The number of fused-ring (bicyclic) bond motifs is 1. The average Bonchev–Trinajstić information content (AvgIpc) is 3.35. The summed E-state index contributed by atoms with van der Waals surface area (Å²) in [5.41, 5.74) is 2.59. The fourth-order valence-corrected chi connectivity index (χ4v) is 8.52. The molecular weight excluding hydrogens is 592 g/mol. The first kappa shape index (κ1) is 27.4. The molecule has 0 aromatic heterocycles. The van der Waals surface area contributed by atoms with E-state index in [4.69, 9.17) is 11.6 Å². The zero-order valence-electron chi connectivity index (χ0n) is 21.4. The van der Waals surface area contributed by atoms with E-state index in [9.17, 15) is 18.0 Å². The lowest BCUT2D eigenvalue weighted by molar-refractivity contribution is -0.137. The molecule has 0 radical (unpaired) electrons. The molecule has 0 aliphatic carbocycles. The molecule has 3 aliphatic heterocycles. The third kappa shape index (κ3) is 5.20. The van der Waals surface area contributed by atoms with E-state index in [0.717, 1.165) is 11.3 Å². The summed E-state index contributed by atoms with van der Waals surface area (Å²) < 4.78 is 29.5. The van der Waals surface area contributed by atoms with Gasteiger partial charge in [-0.1, -0.05) is 30.7 Å². The number of halogens is 2. The summed E-state index contributed by atoms with van der Waals surface area (Å²) in [6.45, 7) is 5.40.